The molecule has 1 aliphatic heterocycles. The second-order valence-corrected chi connectivity index (χ2v) is 6.99. The quantitative estimate of drug-likeness (QED) is 0.826. The van der Waals surface area contributed by atoms with Gasteiger partial charge < -0.3 is 10.1 Å². The van der Waals surface area contributed by atoms with E-state index in [1.807, 2.05) is 32.9 Å². The molecule has 0 unspecified atom stereocenters. The van der Waals surface area contributed by atoms with Crippen LogP contribution < -0.4 is 10.6 Å². The molecule has 0 saturated heterocycles. The smallest absolute Gasteiger partial charge is 0.412 e. The normalized spacial score (nSPS) is 17.2. The Bertz CT molecular complexity index is 516. The van der Waals surface area contributed by atoms with Gasteiger partial charge >= 0.3 is 6.09 Å². The number of rotatable bonds is 1. The summed E-state index contributed by atoms with van der Waals surface area (Å²) in [7, 11) is 0. The lowest BCUT2D eigenvalue weighted by molar-refractivity contribution is 0.0636. The number of amides is 1. The Labute approximate surface area is 120 Å². The molecular formula is C16H24N2O2. The van der Waals surface area contributed by atoms with Crippen LogP contribution in [-0.2, 0) is 16.7 Å². The van der Waals surface area contributed by atoms with E-state index >= 15 is 0 Å². The number of hydrogen-bond acceptors (Lipinski definition) is 3. The Balaban J connectivity index is 2.14. The number of benzene rings is 1. The van der Waals surface area contributed by atoms with Gasteiger partial charge in [-0.15, -0.1) is 0 Å². The van der Waals surface area contributed by atoms with Crippen LogP contribution in [0.1, 0.15) is 45.7 Å². The number of nitrogens with one attached hydrogen (secondary N) is 2. The predicted octanol–water partition coefficient (Wildman–Crippen LogP) is 3.41. The second kappa shape index (κ2) is 5.09. The fraction of sp³-hybridized carbons (Fsp3) is 0.562. The first-order chi connectivity index (χ1) is 9.17. The molecule has 2 N–H and O–H groups in total. The van der Waals surface area contributed by atoms with E-state index in [1.54, 1.807) is 0 Å². The maximum atomic E-state index is 11.8. The Hall–Kier alpha value is -1.55. The predicted molar refractivity (Wildman–Crippen MR) is 81.0 cm³/mol. The SMILES string of the molecule is CC(C)(C)OC(=O)Nc1ccc2c(c1)CNCC2(C)C. The summed E-state index contributed by atoms with van der Waals surface area (Å²) in [6, 6.07) is 6.06. The van der Waals surface area contributed by atoms with E-state index in [1.165, 1.54) is 11.1 Å². The van der Waals surface area contributed by atoms with Crippen molar-refractivity contribution in [3.63, 3.8) is 0 Å². The van der Waals surface area contributed by atoms with Crippen molar-refractivity contribution >= 4 is 11.8 Å². The zero-order valence-corrected chi connectivity index (χ0v) is 13.0. The maximum absolute atomic E-state index is 11.8. The summed E-state index contributed by atoms with van der Waals surface area (Å²) in [6.07, 6.45) is -0.416. The molecule has 2 rings (SSSR count). The molecule has 110 valence electrons. The summed E-state index contributed by atoms with van der Waals surface area (Å²) in [5.74, 6) is 0. The molecule has 0 aliphatic carbocycles. The monoisotopic (exact) mass is 276 g/mol. The molecule has 0 aromatic heterocycles. The highest BCUT2D eigenvalue weighted by Gasteiger charge is 2.27. The average molecular weight is 276 g/mol. The van der Waals surface area contributed by atoms with Crippen LogP contribution in [0, 0.1) is 0 Å². The molecular weight excluding hydrogens is 252 g/mol. The van der Waals surface area contributed by atoms with Crippen molar-refractivity contribution in [1.82, 2.24) is 5.32 Å². The molecule has 0 atom stereocenters. The summed E-state index contributed by atoms with van der Waals surface area (Å²) in [5, 5.41) is 6.19. The van der Waals surface area contributed by atoms with Crippen molar-refractivity contribution in [2.45, 2.75) is 52.2 Å². The van der Waals surface area contributed by atoms with Crippen molar-refractivity contribution in [2.24, 2.45) is 0 Å². The standard InChI is InChI=1S/C16H24N2O2/c1-15(2,3)20-14(19)18-12-6-7-13-11(8-12)9-17-10-16(13,4)5/h6-8,17H,9-10H2,1-5H3,(H,18,19). The Morgan fingerprint density at radius 2 is 2.05 bits per heavy atom. The first-order valence-electron chi connectivity index (χ1n) is 7.01. The molecule has 0 radical (unpaired) electrons. The lowest BCUT2D eigenvalue weighted by atomic mass is 9.79. The van der Waals surface area contributed by atoms with Gasteiger partial charge in [0.2, 0.25) is 0 Å². The first-order valence-corrected chi connectivity index (χ1v) is 7.01. The van der Waals surface area contributed by atoms with Gasteiger partial charge in [-0.2, -0.15) is 0 Å². The summed E-state index contributed by atoms with van der Waals surface area (Å²) in [5.41, 5.74) is 2.98. The van der Waals surface area contributed by atoms with Crippen LogP contribution >= 0.6 is 0 Å². The summed E-state index contributed by atoms with van der Waals surface area (Å²) < 4.78 is 5.26. The third-order valence-electron chi connectivity index (χ3n) is 3.36. The van der Waals surface area contributed by atoms with E-state index < -0.39 is 11.7 Å². The van der Waals surface area contributed by atoms with Crippen LogP contribution in [-0.4, -0.2) is 18.2 Å². The van der Waals surface area contributed by atoms with E-state index in [-0.39, 0.29) is 5.41 Å². The van der Waals surface area contributed by atoms with Crippen molar-refractivity contribution < 1.29 is 9.53 Å². The van der Waals surface area contributed by atoms with E-state index in [0.717, 1.165) is 18.8 Å². The lowest BCUT2D eigenvalue weighted by Crippen LogP contribution is -2.38. The van der Waals surface area contributed by atoms with Crippen LogP contribution in [0.2, 0.25) is 0 Å². The molecule has 4 heteroatoms. The number of fused-ring (bicyclic) bond motifs is 1. The molecule has 1 aliphatic rings. The van der Waals surface area contributed by atoms with Gasteiger partial charge in [-0.3, -0.25) is 5.32 Å². The Morgan fingerprint density at radius 3 is 2.70 bits per heavy atom. The largest absolute Gasteiger partial charge is 0.444 e. The average Bonchev–Trinajstić information content (AvgIpc) is 2.25. The minimum atomic E-state index is -0.484. The molecule has 0 fully saturated rings. The van der Waals surface area contributed by atoms with Crippen LogP contribution in [0.4, 0.5) is 10.5 Å². The van der Waals surface area contributed by atoms with Gasteiger partial charge in [0.25, 0.3) is 0 Å². The fourth-order valence-electron chi connectivity index (χ4n) is 2.50. The fourth-order valence-corrected chi connectivity index (χ4v) is 2.50. The van der Waals surface area contributed by atoms with Gasteiger partial charge in [0.15, 0.2) is 0 Å². The van der Waals surface area contributed by atoms with Gasteiger partial charge in [0, 0.05) is 24.2 Å². The van der Waals surface area contributed by atoms with Crippen molar-refractivity contribution in [2.75, 3.05) is 11.9 Å². The van der Waals surface area contributed by atoms with Crippen LogP contribution in [0.5, 0.6) is 0 Å². The highest BCUT2D eigenvalue weighted by atomic mass is 16.6. The molecule has 20 heavy (non-hydrogen) atoms. The maximum Gasteiger partial charge on any atom is 0.412 e. The Kier molecular flexibility index (Phi) is 3.78. The van der Waals surface area contributed by atoms with Gasteiger partial charge in [-0.05, 0) is 44.0 Å². The van der Waals surface area contributed by atoms with Gasteiger partial charge in [-0.1, -0.05) is 19.9 Å². The van der Waals surface area contributed by atoms with Gasteiger partial charge in [-0.25, -0.2) is 4.79 Å². The van der Waals surface area contributed by atoms with E-state index in [9.17, 15) is 4.79 Å². The number of hydrogen-bond donors (Lipinski definition) is 2. The topological polar surface area (TPSA) is 50.4 Å². The third kappa shape index (κ3) is 3.51. The lowest BCUT2D eigenvalue weighted by Gasteiger charge is -2.33. The van der Waals surface area contributed by atoms with Crippen molar-refractivity contribution in [3.8, 4) is 0 Å². The number of ether oxygens (including phenoxy) is 1. The molecule has 0 spiro atoms. The highest BCUT2D eigenvalue weighted by Crippen LogP contribution is 2.31. The summed E-state index contributed by atoms with van der Waals surface area (Å²) >= 11 is 0. The van der Waals surface area contributed by atoms with E-state index in [2.05, 4.69) is 30.5 Å². The molecule has 0 saturated carbocycles. The highest BCUT2D eigenvalue weighted by molar-refractivity contribution is 5.85. The van der Waals surface area contributed by atoms with E-state index in [4.69, 9.17) is 4.74 Å². The summed E-state index contributed by atoms with van der Waals surface area (Å²) in [6.45, 7) is 11.8. The molecule has 4 nitrogen and oxygen atoms in total. The molecule has 1 amide bonds. The second-order valence-electron chi connectivity index (χ2n) is 6.99. The van der Waals surface area contributed by atoms with Gasteiger partial charge in [0.1, 0.15) is 5.60 Å². The first kappa shape index (κ1) is 14.9. The van der Waals surface area contributed by atoms with Gasteiger partial charge in [0.05, 0.1) is 0 Å². The van der Waals surface area contributed by atoms with Crippen molar-refractivity contribution in [3.05, 3.63) is 29.3 Å². The van der Waals surface area contributed by atoms with Crippen LogP contribution in [0.3, 0.4) is 0 Å². The molecule has 0 bridgehead atoms. The van der Waals surface area contributed by atoms with Crippen LogP contribution in [0.25, 0.3) is 0 Å². The summed E-state index contributed by atoms with van der Waals surface area (Å²) in [4.78, 5) is 11.8. The minimum Gasteiger partial charge on any atom is -0.444 e. The molecule has 1 heterocycles. The number of carbonyl (C=O) groups excluding carboxylic acids is 1. The third-order valence-corrected chi connectivity index (χ3v) is 3.36. The minimum absolute atomic E-state index is 0.123. The van der Waals surface area contributed by atoms with Crippen LogP contribution in [0.15, 0.2) is 18.2 Å². The van der Waals surface area contributed by atoms with Crippen molar-refractivity contribution in [1.29, 1.82) is 0 Å². The zero-order valence-electron chi connectivity index (χ0n) is 13.0. The van der Waals surface area contributed by atoms with E-state index in [0.29, 0.717) is 0 Å². The molecule has 1 aromatic rings. The Morgan fingerprint density at radius 1 is 1.35 bits per heavy atom. The molecule has 1 aromatic carbocycles. The zero-order chi connectivity index (χ0) is 15.0. The number of carbonyl (C=O) groups is 1. The number of anilines is 1.